The van der Waals surface area contributed by atoms with Crippen molar-refractivity contribution in [3.8, 4) is 0 Å². The predicted molar refractivity (Wildman–Crippen MR) is 120 cm³/mol. The molecule has 1 aliphatic heterocycles. The molecule has 5 rings (SSSR count). The molecule has 5 aliphatic rings. The number of aliphatic hydroxyl groups excluding tert-OH is 1. The highest BCUT2D eigenvalue weighted by molar-refractivity contribution is 5.93. The number of rotatable bonds is 1. The smallest absolute Gasteiger partial charge is 0.335 e. The van der Waals surface area contributed by atoms with Crippen LogP contribution in [-0.2, 0) is 19.1 Å². The van der Waals surface area contributed by atoms with Crippen molar-refractivity contribution in [1.82, 2.24) is 0 Å². The molecular weight excluding hydrogens is 404 g/mol. The van der Waals surface area contributed by atoms with Gasteiger partial charge in [0.1, 0.15) is 12.7 Å². The van der Waals surface area contributed by atoms with E-state index >= 15 is 0 Å². The molecule has 0 unspecified atom stereocenters. The molecule has 5 nitrogen and oxygen atoms in total. The molecule has 1 N–H and O–H groups in total. The summed E-state index contributed by atoms with van der Waals surface area (Å²) in [6.07, 6.45) is 6.19. The van der Waals surface area contributed by atoms with Crippen molar-refractivity contribution >= 4 is 11.9 Å². The average Bonchev–Trinajstić information content (AvgIpc) is 3.08. The maximum atomic E-state index is 12.7. The van der Waals surface area contributed by atoms with Crippen molar-refractivity contribution in [2.24, 2.45) is 39.4 Å². The van der Waals surface area contributed by atoms with Gasteiger partial charge in [0.15, 0.2) is 0 Å². The fraction of sp³-hybridized carbons (Fsp3) is 0.852. The van der Waals surface area contributed by atoms with Crippen LogP contribution in [0.4, 0.5) is 0 Å². The first-order chi connectivity index (χ1) is 14.9. The lowest BCUT2D eigenvalue weighted by Crippen LogP contribution is -2.66. The average molecular weight is 445 g/mol. The molecule has 4 aliphatic carbocycles. The summed E-state index contributed by atoms with van der Waals surface area (Å²) in [6, 6.07) is 0. The Labute approximate surface area is 192 Å². The molecule has 5 heteroatoms. The Bertz CT molecular complexity index is 888. The monoisotopic (exact) mass is 444 g/mol. The van der Waals surface area contributed by atoms with E-state index in [9.17, 15) is 14.7 Å². The van der Waals surface area contributed by atoms with Crippen LogP contribution >= 0.6 is 0 Å². The lowest BCUT2D eigenvalue weighted by molar-refractivity contribution is -0.236. The van der Waals surface area contributed by atoms with E-state index in [0.29, 0.717) is 18.4 Å². The number of carbonyl (C=O) groups is 2. The standard InChI is InChI=1S/C27H40O5/c1-15(28)32-21-10-12-25(4)17(24(21,2)3)9-11-26(5)18-8-7-16-14-31-23(30)22(16)27(18,6)20(29)13-19(25)26/h17-21,29H,7-14H2,1-6H3/t17-,18-,19-,20+,21-,25-,26-,27+/m0/s1. The van der Waals surface area contributed by atoms with Gasteiger partial charge in [0.2, 0.25) is 0 Å². The van der Waals surface area contributed by atoms with Gasteiger partial charge in [0, 0.05) is 23.3 Å². The third-order valence-electron chi connectivity index (χ3n) is 11.2. The molecule has 8 atom stereocenters. The number of carbonyl (C=O) groups excluding carboxylic acids is 2. The molecule has 0 spiro atoms. The van der Waals surface area contributed by atoms with E-state index in [1.54, 1.807) is 0 Å². The second-order valence-corrected chi connectivity index (χ2v) is 12.8. The van der Waals surface area contributed by atoms with Crippen LogP contribution in [0.3, 0.4) is 0 Å². The first-order valence-electron chi connectivity index (χ1n) is 12.6. The van der Waals surface area contributed by atoms with E-state index in [1.165, 1.54) is 6.92 Å². The minimum atomic E-state index is -0.536. The molecular formula is C27H40O5. The number of hydrogen-bond donors (Lipinski definition) is 1. The van der Waals surface area contributed by atoms with Gasteiger partial charge in [-0.05, 0) is 79.1 Å². The molecule has 178 valence electrons. The summed E-state index contributed by atoms with van der Waals surface area (Å²) in [5.41, 5.74) is 1.47. The fourth-order valence-corrected chi connectivity index (χ4v) is 9.84. The lowest BCUT2D eigenvalue weighted by Gasteiger charge is -2.70. The third kappa shape index (κ3) is 2.66. The summed E-state index contributed by atoms with van der Waals surface area (Å²) in [7, 11) is 0. The highest BCUT2D eigenvalue weighted by Crippen LogP contribution is 2.73. The highest BCUT2D eigenvalue weighted by atomic mass is 16.5. The topological polar surface area (TPSA) is 72.8 Å². The van der Waals surface area contributed by atoms with Crippen molar-refractivity contribution in [2.75, 3.05) is 6.61 Å². The maximum absolute atomic E-state index is 12.7. The molecule has 1 heterocycles. The van der Waals surface area contributed by atoms with Crippen LogP contribution < -0.4 is 0 Å². The Kier molecular flexibility index (Phi) is 4.79. The molecule has 0 radical (unpaired) electrons. The van der Waals surface area contributed by atoms with Gasteiger partial charge in [0.05, 0.1) is 6.10 Å². The summed E-state index contributed by atoms with van der Waals surface area (Å²) in [5, 5.41) is 11.7. The first kappa shape index (κ1) is 22.4. The largest absolute Gasteiger partial charge is 0.462 e. The van der Waals surface area contributed by atoms with Crippen LogP contribution in [0, 0.1) is 39.4 Å². The number of fused-ring (bicyclic) bond motifs is 6. The van der Waals surface area contributed by atoms with E-state index < -0.39 is 11.5 Å². The molecule has 0 aromatic heterocycles. The Balaban J connectivity index is 1.54. The summed E-state index contributed by atoms with van der Waals surface area (Å²) in [6.45, 7) is 13.5. The van der Waals surface area contributed by atoms with E-state index in [2.05, 4.69) is 34.6 Å². The molecule has 0 saturated heterocycles. The summed E-state index contributed by atoms with van der Waals surface area (Å²) >= 11 is 0. The zero-order valence-electron chi connectivity index (χ0n) is 20.6. The summed E-state index contributed by atoms with van der Waals surface area (Å²) < 4.78 is 11.2. The normalized spacial score (nSPS) is 49.3. The zero-order chi connectivity index (χ0) is 23.3. The Morgan fingerprint density at radius 3 is 2.34 bits per heavy atom. The van der Waals surface area contributed by atoms with Crippen LogP contribution in [0.5, 0.6) is 0 Å². The highest BCUT2D eigenvalue weighted by Gasteiger charge is 2.69. The first-order valence-corrected chi connectivity index (χ1v) is 12.6. The fourth-order valence-electron chi connectivity index (χ4n) is 9.84. The number of esters is 2. The number of hydrogen-bond acceptors (Lipinski definition) is 5. The Morgan fingerprint density at radius 1 is 1.00 bits per heavy atom. The van der Waals surface area contributed by atoms with E-state index in [-0.39, 0.29) is 40.2 Å². The van der Waals surface area contributed by atoms with E-state index in [0.717, 1.165) is 56.1 Å². The van der Waals surface area contributed by atoms with Gasteiger partial charge >= 0.3 is 11.9 Å². The minimum Gasteiger partial charge on any atom is -0.462 e. The second-order valence-electron chi connectivity index (χ2n) is 12.8. The molecule has 0 amide bonds. The van der Waals surface area contributed by atoms with E-state index in [1.807, 2.05) is 0 Å². The van der Waals surface area contributed by atoms with Crippen LogP contribution in [0.15, 0.2) is 11.1 Å². The van der Waals surface area contributed by atoms with Crippen LogP contribution in [-0.4, -0.2) is 35.9 Å². The van der Waals surface area contributed by atoms with Crippen molar-refractivity contribution in [2.45, 2.75) is 98.7 Å². The van der Waals surface area contributed by atoms with Crippen molar-refractivity contribution < 1.29 is 24.2 Å². The third-order valence-corrected chi connectivity index (χ3v) is 11.2. The van der Waals surface area contributed by atoms with E-state index in [4.69, 9.17) is 9.47 Å². The number of ether oxygens (including phenoxy) is 2. The van der Waals surface area contributed by atoms with Crippen molar-refractivity contribution in [3.63, 3.8) is 0 Å². The van der Waals surface area contributed by atoms with Crippen molar-refractivity contribution in [3.05, 3.63) is 11.1 Å². The maximum Gasteiger partial charge on any atom is 0.335 e. The molecule has 3 saturated carbocycles. The summed E-state index contributed by atoms with van der Waals surface area (Å²) in [4.78, 5) is 24.5. The van der Waals surface area contributed by atoms with Gasteiger partial charge in [-0.1, -0.05) is 34.6 Å². The number of aliphatic hydroxyl groups is 1. The van der Waals surface area contributed by atoms with Crippen LogP contribution in [0.2, 0.25) is 0 Å². The number of cyclic esters (lactones) is 1. The van der Waals surface area contributed by atoms with Gasteiger partial charge in [-0.15, -0.1) is 0 Å². The molecule has 0 aromatic rings. The van der Waals surface area contributed by atoms with Crippen LogP contribution in [0.25, 0.3) is 0 Å². The van der Waals surface area contributed by atoms with Gasteiger partial charge < -0.3 is 14.6 Å². The molecule has 32 heavy (non-hydrogen) atoms. The van der Waals surface area contributed by atoms with Gasteiger partial charge in [-0.25, -0.2) is 4.79 Å². The molecule has 0 bridgehead atoms. The van der Waals surface area contributed by atoms with Gasteiger partial charge in [0.25, 0.3) is 0 Å². The summed E-state index contributed by atoms with van der Waals surface area (Å²) in [5.74, 6) is 0.721. The Hall–Kier alpha value is -1.36. The van der Waals surface area contributed by atoms with Gasteiger partial charge in [-0.3, -0.25) is 4.79 Å². The van der Waals surface area contributed by atoms with Gasteiger partial charge in [-0.2, -0.15) is 0 Å². The lowest BCUT2D eigenvalue weighted by atomic mass is 9.35. The minimum absolute atomic E-state index is 0.0446. The second kappa shape index (κ2) is 6.84. The quantitative estimate of drug-likeness (QED) is 0.588. The molecule has 0 aromatic carbocycles. The van der Waals surface area contributed by atoms with Crippen LogP contribution in [0.1, 0.15) is 86.5 Å². The molecule has 3 fully saturated rings. The predicted octanol–water partition coefficient (Wildman–Crippen LogP) is 4.81. The van der Waals surface area contributed by atoms with Crippen molar-refractivity contribution in [1.29, 1.82) is 0 Å². The zero-order valence-corrected chi connectivity index (χ0v) is 20.6. The Morgan fingerprint density at radius 2 is 1.66 bits per heavy atom. The SMILES string of the molecule is CC(=O)O[C@H]1CC[C@]2(C)[C@@H]3C[C@@H](O)[C@]4(C)C5=C(CC[C@H]4[C@]3(C)CC[C@H]2C1(C)C)COC5=O.